The Kier molecular flexibility index (Phi) is 8.46. The van der Waals surface area contributed by atoms with Crippen LogP contribution in [0, 0.1) is 12.8 Å². The van der Waals surface area contributed by atoms with Gasteiger partial charge >= 0.3 is 0 Å². The van der Waals surface area contributed by atoms with Gasteiger partial charge in [0, 0.05) is 11.3 Å². The van der Waals surface area contributed by atoms with Crippen LogP contribution in [-0.4, -0.2) is 25.5 Å². The summed E-state index contributed by atoms with van der Waals surface area (Å²) in [7, 11) is 1.59. The predicted octanol–water partition coefficient (Wildman–Crippen LogP) is 5.45. The molecule has 0 radical (unpaired) electrons. The van der Waals surface area contributed by atoms with E-state index in [2.05, 4.69) is 24.5 Å². The predicted molar refractivity (Wildman–Crippen MR) is 135 cm³/mol. The number of aryl methyl sites for hydroxylation is 1. The van der Waals surface area contributed by atoms with E-state index in [0.29, 0.717) is 35.3 Å². The molecule has 0 atom stereocenters. The topological polar surface area (TPSA) is 76.7 Å². The lowest BCUT2D eigenvalue weighted by Crippen LogP contribution is -2.30. The van der Waals surface area contributed by atoms with Gasteiger partial charge in [-0.05, 0) is 73.0 Å². The molecular formula is C28H30N2O4. The molecule has 3 aromatic rings. The molecule has 0 spiro atoms. The summed E-state index contributed by atoms with van der Waals surface area (Å²) in [5, 5.41) is 5.59. The Morgan fingerprint density at radius 1 is 0.882 bits per heavy atom. The Morgan fingerprint density at radius 2 is 1.50 bits per heavy atom. The summed E-state index contributed by atoms with van der Waals surface area (Å²) < 4.78 is 10.9. The van der Waals surface area contributed by atoms with Gasteiger partial charge in [0.15, 0.2) is 0 Å². The zero-order chi connectivity index (χ0) is 24.5. The molecule has 0 aromatic heterocycles. The molecule has 0 saturated heterocycles. The first-order valence-electron chi connectivity index (χ1n) is 11.1. The van der Waals surface area contributed by atoms with Crippen molar-refractivity contribution in [3.05, 3.63) is 95.2 Å². The Morgan fingerprint density at radius 3 is 2.09 bits per heavy atom. The van der Waals surface area contributed by atoms with Gasteiger partial charge in [0.1, 0.15) is 17.2 Å². The Hall–Kier alpha value is -4.06. The van der Waals surface area contributed by atoms with Crippen LogP contribution in [0.1, 0.15) is 35.3 Å². The minimum absolute atomic E-state index is 0.121. The van der Waals surface area contributed by atoms with Crippen molar-refractivity contribution in [3.63, 3.8) is 0 Å². The van der Waals surface area contributed by atoms with Crippen molar-refractivity contribution in [2.45, 2.75) is 20.8 Å². The van der Waals surface area contributed by atoms with Crippen molar-refractivity contribution in [3.8, 4) is 11.5 Å². The number of hydrogen-bond acceptors (Lipinski definition) is 4. The number of amides is 2. The lowest BCUT2D eigenvalue weighted by atomic mass is 10.1. The monoisotopic (exact) mass is 458 g/mol. The van der Waals surface area contributed by atoms with Crippen LogP contribution in [0.4, 0.5) is 5.69 Å². The number of nitrogens with one attached hydrogen (secondary N) is 2. The first-order chi connectivity index (χ1) is 16.3. The van der Waals surface area contributed by atoms with Crippen molar-refractivity contribution in [2.75, 3.05) is 19.0 Å². The quantitative estimate of drug-likeness (QED) is 0.418. The fourth-order valence-electron chi connectivity index (χ4n) is 3.02. The summed E-state index contributed by atoms with van der Waals surface area (Å²) in [6.45, 7) is 6.71. The van der Waals surface area contributed by atoms with Crippen LogP contribution >= 0.6 is 0 Å². The molecule has 6 nitrogen and oxygen atoms in total. The van der Waals surface area contributed by atoms with Gasteiger partial charge in [-0.25, -0.2) is 0 Å². The van der Waals surface area contributed by atoms with Crippen LogP contribution in [-0.2, 0) is 4.79 Å². The molecule has 34 heavy (non-hydrogen) atoms. The maximum atomic E-state index is 13.1. The van der Waals surface area contributed by atoms with E-state index in [0.717, 1.165) is 11.1 Å². The van der Waals surface area contributed by atoms with E-state index < -0.39 is 11.8 Å². The highest BCUT2D eigenvalue weighted by atomic mass is 16.5. The lowest BCUT2D eigenvalue weighted by molar-refractivity contribution is -0.113. The molecule has 0 saturated carbocycles. The third-order valence-corrected chi connectivity index (χ3v) is 4.93. The number of benzene rings is 3. The second kappa shape index (κ2) is 11.7. The van der Waals surface area contributed by atoms with Gasteiger partial charge in [-0.3, -0.25) is 9.59 Å². The highest BCUT2D eigenvalue weighted by Gasteiger charge is 2.15. The minimum atomic E-state index is -0.426. The number of hydrogen-bond donors (Lipinski definition) is 2. The molecule has 0 bridgehead atoms. The fraction of sp³-hybridized carbons (Fsp3) is 0.214. The number of rotatable bonds is 9. The second-order valence-corrected chi connectivity index (χ2v) is 8.33. The molecule has 3 rings (SSSR count). The smallest absolute Gasteiger partial charge is 0.272 e. The third kappa shape index (κ3) is 7.24. The van der Waals surface area contributed by atoms with Crippen molar-refractivity contribution in [1.82, 2.24) is 5.32 Å². The number of carbonyl (C=O) groups is 2. The normalized spacial score (nSPS) is 11.1. The second-order valence-electron chi connectivity index (χ2n) is 8.33. The molecule has 0 aliphatic heterocycles. The van der Waals surface area contributed by atoms with Crippen LogP contribution in [0.2, 0.25) is 0 Å². The van der Waals surface area contributed by atoms with Gasteiger partial charge in [0.25, 0.3) is 11.8 Å². The molecule has 176 valence electrons. The zero-order valence-electron chi connectivity index (χ0n) is 19.9. The third-order valence-electron chi connectivity index (χ3n) is 4.93. The van der Waals surface area contributed by atoms with E-state index >= 15 is 0 Å². The number of carbonyl (C=O) groups excluding carboxylic acids is 2. The number of ether oxygens (including phenoxy) is 2. The number of methoxy groups -OCH3 is 1. The van der Waals surface area contributed by atoms with Gasteiger partial charge in [0.2, 0.25) is 0 Å². The minimum Gasteiger partial charge on any atom is -0.497 e. The van der Waals surface area contributed by atoms with Gasteiger partial charge in [-0.15, -0.1) is 0 Å². The van der Waals surface area contributed by atoms with E-state index in [9.17, 15) is 9.59 Å². The summed E-state index contributed by atoms with van der Waals surface area (Å²) in [5.41, 5.74) is 3.00. The van der Waals surface area contributed by atoms with E-state index in [1.165, 1.54) is 0 Å². The summed E-state index contributed by atoms with van der Waals surface area (Å²) in [4.78, 5) is 26.0. The molecule has 0 unspecified atom stereocenters. The highest BCUT2D eigenvalue weighted by molar-refractivity contribution is 6.10. The maximum Gasteiger partial charge on any atom is 0.272 e. The van der Waals surface area contributed by atoms with Gasteiger partial charge in [-0.1, -0.05) is 43.7 Å². The summed E-state index contributed by atoms with van der Waals surface area (Å²) >= 11 is 0. The van der Waals surface area contributed by atoms with Crippen LogP contribution < -0.4 is 20.1 Å². The maximum absolute atomic E-state index is 13.1. The molecule has 6 heteroatoms. The lowest BCUT2D eigenvalue weighted by Gasteiger charge is -2.12. The molecule has 3 aromatic carbocycles. The van der Waals surface area contributed by atoms with Crippen molar-refractivity contribution in [2.24, 2.45) is 5.92 Å². The van der Waals surface area contributed by atoms with Crippen molar-refractivity contribution < 1.29 is 19.1 Å². The molecule has 0 aliphatic carbocycles. The molecule has 2 amide bonds. The van der Waals surface area contributed by atoms with Crippen molar-refractivity contribution in [1.29, 1.82) is 0 Å². The first-order valence-corrected chi connectivity index (χ1v) is 11.1. The summed E-state index contributed by atoms with van der Waals surface area (Å²) in [5.74, 6) is 0.975. The molecule has 0 fully saturated rings. The molecule has 2 N–H and O–H groups in total. The van der Waals surface area contributed by atoms with E-state index in [4.69, 9.17) is 9.47 Å². The van der Waals surface area contributed by atoms with Crippen LogP contribution in [0.15, 0.2) is 78.5 Å². The van der Waals surface area contributed by atoms with Crippen LogP contribution in [0.5, 0.6) is 11.5 Å². The largest absolute Gasteiger partial charge is 0.497 e. The van der Waals surface area contributed by atoms with Gasteiger partial charge in [0.05, 0.1) is 13.7 Å². The average molecular weight is 459 g/mol. The van der Waals surface area contributed by atoms with Gasteiger partial charge < -0.3 is 20.1 Å². The summed E-state index contributed by atoms with van der Waals surface area (Å²) in [6, 6.07) is 21.5. The molecule has 0 heterocycles. The van der Waals surface area contributed by atoms with E-state index in [1.807, 2.05) is 43.3 Å². The zero-order valence-corrected chi connectivity index (χ0v) is 19.9. The average Bonchev–Trinajstić information content (AvgIpc) is 2.84. The summed E-state index contributed by atoms with van der Waals surface area (Å²) in [6.07, 6.45) is 1.63. The van der Waals surface area contributed by atoms with Crippen molar-refractivity contribution >= 4 is 23.6 Å². The van der Waals surface area contributed by atoms with Crippen LogP contribution in [0.25, 0.3) is 6.08 Å². The SMILES string of the molecule is COc1ccc(/C=C(\NC(=O)c2ccc(OCC(C)C)cc2)C(=O)Nc2ccc(C)cc2)cc1. The number of anilines is 1. The Labute approximate surface area is 200 Å². The van der Waals surface area contributed by atoms with E-state index in [-0.39, 0.29) is 5.70 Å². The van der Waals surface area contributed by atoms with E-state index in [1.54, 1.807) is 49.6 Å². The Bertz CT molecular complexity index is 1130. The fourth-order valence-corrected chi connectivity index (χ4v) is 3.02. The standard InChI is InChI=1S/C28H30N2O4/c1-19(2)18-34-25-15-9-22(10-16-25)27(31)30-26(17-21-7-13-24(33-4)14-8-21)28(32)29-23-11-5-20(3)6-12-23/h5-17,19H,18H2,1-4H3,(H,29,32)(H,30,31)/b26-17-. The van der Waals surface area contributed by atoms with Crippen LogP contribution in [0.3, 0.4) is 0 Å². The Balaban J connectivity index is 1.80. The highest BCUT2D eigenvalue weighted by Crippen LogP contribution is 2.17. The molecular weight excluding hydrogens is 428 g/mol. The first kappa shape index (κ1) is 24.6. The molecule has 0 aliphatic rings. The van der Waals surface area contributed by atoms with Gasteiger partial charge in [-0.2, -0.15) is 0 Å².